The van der Waals surface area contributed by atoms with Crippen molar-refractivity contribution in [3.63, 3.8) is 0 Å². The van der Waals surface area contributed by atoms with Crippen LogP contribution in [0.5, 0.6) is 5.75 Å². The van der Waals surface area contributed by atoms with Crippen molar-refractivity contribution in [1.82, 2.24) is 0 Å². The van der Waals surface area contributed by atoms with Crippen LogP contribution in [0.25, 0.3) is 0 Å². The molecule has 1 rings (SSSR count). The lowest BCUT2D eigenvalue weighted by Crippen LogP contribution is -2.22. The van der Waals surface area contributed by atoms with Gasteiger partial charge in [0.15, 0.2) is 6.10 Å². The Balaban J connectivity index is 0.00000301. The lowest BCUT2D eigenvalue weighted by Gasteiger charge is -2.19. The van der Waals surface area contributed by atoms with Gasteiger partial charge in [-0.1, -0.05) is 26.5 Å². The Hall–Kier alpha value is -2.23. The summed E-state index contributed by atoms with van der Waals surface area (Å²) in [5.74, 6) is 1.14. The van der Waals surface area contributed by atoms with Gasteiger partial charge in [0.2, 0.25) is 0 Å². The number of rotatable bonds is 8. The van der Waals surface area contributed by atoms with E-state index in [0.29, 0.717) is 18.8 Å². The first kappa shape index (κ1) is 23.8. The van der Waals surface area contributed by atoms with Crippen molar-refractivity contribution in [2.45, 2.75) is 61.0 Å². The first-order chi connectivity index (χ1) is 12.3. The van der Waals surface area contributed by atoms with Gasteiger partial charge in [-0.25, -0.2) is 4.79 Å². The van der Waals surface area contributed by atoms with Crippen LogP contribution in [-0.4, -0.2) is 25.8 Å². The molecule has 146 valence electrons. The van der Waals surface area contributed by atoms with Crippen molar-refractivity contribution in [3.8, 4) is 5.75 Å². The lowest BCUT2D eigenvalue weighted by molar-refractivity contribution is -0.150. The van der Waals surface area contributed by atoms with Crippen LogP contribution in [0.15, 0.2) is 36.1 Å². The number of hydrogen-bond donors (Lipinski definition) is 0. The summed E-state index contributed by atoms with van der Waals surface area (Å²) in [7, 11) is 1.35. The number of esters is 1. The molecule has 0 fully saturated rings. The zero-order chi connectivity index (χ0) is 20.3. The van der Waals surface area contributed by atoms with E-state index in [-0.39, 0.29) is 0 Å². The van der Waals surface area contributed by atoms with Crippen LogP contribution in [-0.2, 0) is 20.7 Å². The third-order valence-electron chi connectivity index (χ3n) is 3.58. The van der Waals surface area contributed by atoms with E-state index in [1.165, 1.54) is 7.11 Å². The molecule has 1 aromatic carbocycles. The summed E-state index contributed by atoms with van der Waals surface area (Å²) < 4.78 is 16.4. The van der Waals surface area contributed by atoms with Crippen LogP contribution in [0.3, 0.4) is 0 Å². The van der Waals surface area contributed by atoms with Crippen molar-refractivity contribution >= 4 is 5.97 Å². The largest absolute Gasteiger partial charge is 0.489 e. The standard InChI is InChI=1S/C20H28O4.C2H6/c1-8-17(24-16(6)20(21)22-7)11-18-15(5)9-14(4)10-19(18)23-12-13(2)3;1-2/h8-10,16H,2,11-12H2,1,3-7H3;1-2H3/b17-8-;. The second kappa shape index (κ2) is 12.2. The predicted molar refractivity (Wildman–Crippen MR) is 108 cm³/mol. The highest BCUT2D eigenvalue weighted by Gasteiger charge is 2.18. The Kier molecular flexibility index (Phi) is 11.1. The van der Waals surface area contributed by atoms with Gasteiger partial charge in [-0.15, -0.1) is 0 Å². The Bertz CT molecular complexity index is 629. The molecule has 0 aliphatic rings. The molecule has 0 aliphatic heterocycles. The fourth-order valence-corrected chi connectivity index (χ4v) is 2.34. The van der Waals surface area contributed by atoms with E-state index in [1.54, 1.807) is 6.92 Å². The van der Waals surface area contributed by atoms with Gasteiger partial charge in [-0.3, -0.25) is 0 Å². The molecule has 0 aliphatic carbocycles. The van der Waals surface area contributed by atoms with E-state index in [4.69, 9.17) is 14.2 Å². The van der Waals surface area contributed by atoms with Crippen molar-refractivity contribution in [2.24, 2.45) is 0 Å². The molecule has 0 spiro atoms. The topological polar surface area (TPSA) is 44.8 Å². The summed E-state index contributed by atoms with van der Waals surface area (Å²) in [4.78, 5) is 11.6. The molecule has 0 N–H and O–H groups in total. The fraction of sp³-hybridized carbons (Fsp3) is 0.500. The number of aryl methyl sites for hydroxylation is 2. The van der Waals surface area contributed by atoms with Crippen molar-refractivity contribution < 1.29 is 19.0 Å². The van der Waals surface area contributed by atoms with E-state index < -0.39 is 12.1 Å². The average molecular weight is 363 g/mol. The molecule has 0 heterocycles. The molecule has 1 aromatic rings. The maximum absolute atomic E-state index is 11.6. The third-order valence-corrected chi connectivity index (χ3v) is 3.58. The SMILES string of the molecule is C=C(C)COc1cc(C)cc(C)c1C/C(=C/C)OC(C)C(=O)OC.CC. The Labute approximate surface area is 158 Å². The van der Waals surface area contributed by atoms with E-state index in [1.807, 2.05) is 53.7 Å². The van der Waals surface area contributed by atoms with Gasteiger partial charge in [0, 0.05) is 12.0 Å². The van der Waals surface area contributed by atoms with Gasteiger partial charge in [-0.2, -0.15) is 0 Å². The molecule has 0 amide bonds. The zero-order valence-electron chi connectivity index (χ0n) is 17.6. The van der Waals surface area contributed by atoms with Crippen LogP contribution in [0.1, 0.15) is 51.3 Å². The smallest absolute Gasteiger partial charge is 0.346 e. The Morgan fingerprint density at radius 1 is 1.27 bits per heavy atom. The molecule has 0 aromatic heterocycles. The van der Waals surface area contributed by atoms with Crippen LogP contribution < -0.4 is 4.74 Å². The maximum atomic E-state index is 11.6. The number of carbonyl (C=O) groups is 1. The van der Waals surface area contributed by atoms with Gasteiger partial charge < -0.3 is 14.2 Å². The average Bonchev–Trinajstić information content (AvgIpc) is 2.61. The van der Waals surface area contributed by atoms with Gasteiger partial charge in [-0.05, 0) is 63.5 Å². The Morgan fingerprint density at radius 3 is 2.38 bits per heavy atom. The van der Waals surface area contributed by atoms with Gasteiger partial charge >= 0.3 is 5.97 Å². The fourth-order valence-electron chi connectivity index (χ4n) is 2.34. The second-order valence-electron chi connectivity index (χ2n) is 6.02. The number of allylic oxidation sites excluding steroid dienone is 2. The zero-order valence-corrected chi connectivity index (χ0v) is 17.6. The number of methoxy groups -OCH3 is 1. The van der Waals surface area contributed by atoms with Crippen LogP contribution >= 0.6 is 0 Å². The van der Waals surface area contributed by atoms with Crippen molar-refractivity contribution in [1.29, 1.82) is 0 Å². The summed E-state index contributed by atoms with van der Waals surface area (Å²) in [6.45, 7) is 17.9. The van der Waals surface area contributed by atoms with Gasteiger partial charge in [0.25, 0.3) is 0 Å². The van der Waals surface area contributed by atoms with Crippen molar-refractivity contribution in [2.75, 3.05) is 13.7 Å². The minimum atomic E-state index is -0.647. The first-order valence-corrected chi connectivity index (χ1v) is 9.05. The van der Waals surface area contributed by atoms with E-state index in [2.05, 4.69) is 12.6 Å². The summed E-state index contributed by atoms with van der Waals surface area (Å²) >= 11 is 0. The van der Waals surface area contributed by atoms with Gasteiger partial charge in [0.05, 0.1) is 12.9 Å². The molecular formula is C22H34O4. The summed E-state index contributed by atoms with van der Waals surface area (Å²) in [5, 5.41) is 0. The molecule has 0 radical (unpaired) electrons. The van der Waals surface area contributed by atoms with Gasteiger partial charge in [0.1, 0.15) is 12.4 Å². The summed E-state index contributed by atoms with van der Waals surface area (Å²) in [6.07, 6.45) is 1.77. The molecule has 0 saturated carbocycles. The molecule has 26 heavy (non-hydrogen) atoms. The molecule has 1 atom stereocenters. The molecular weight excluding hydrogens is 328 g/mol. The molecule has 0 bridgehead atoms. The minimum Gasteiger partial charge on any atom is -0.489 e. The normalized spacial score (nSPS) is 11.8. The lowest BCUT2D eigenvalue weighted by atomic mass is 10.0. The minimum absolute atomic E-state index is 0.395. The quantitative estimate of drug-likeness (QED) is 0.357. The summed E-state index contributed by atoms with van der Waals surface area (Å²) in [6, 6.07) is 4.13. The summed E-state index contributed by atoms with van der Waals surface area (Å²) in [5.41, 5.74) is 4.27. The van der Waals surface area contributed by atoms with E-state index in [0.717, 1.165) is 28.0 Å². The molecule has 0 saturated heterocycles. The number of ether oxygens (including phenoxy) is 3. The van der Waals surface area contributed by atoms with Crippen LogP contribution in [0.4, 0.5) is 0 Å². The van der Waals surface area contributed by atoms with Crippen LogP contribution in [0.2, 0.25) is 0 Å². The molecule has 4 nitrogen and oxygen atoms in total. The number of hydrogen-bond acceptors (Lipinski definition) is 4. The second-order valence-corrected chi connectivity index (χ2v) is 6.02. The van der Waals surface area contributed by atoms with E-state index >= 15 is 0 Å². The van der Waals surface area contributed by atoms with Crippen molar-refractivity contribution in [3.05, 3.63) is 52.8 Å². The Morgan fingerprint density at radius 2 is 1.88 bits per heavy atom. The highest BCUT2D eigenvalue weighted by Crippen LogP contribution is 2.28. The maximum Gasteiger partial charge on any atom is 0.346 e. The number of benzene rings is 1. The third kappa shape index (κ3) is 7.77. The first-order valence-electron chi connectivity index (χ1n) is 9.05. The highest BCUT2D eigenvalue weighted by atomic mass is 16.6. The molecule has 4 heteroatoms. The van der Waals surface area contributed by atoms with Crippen LogP contribution in [0, 0.1) is 13.8 Å². The molecule has 1 unspecified atom stereocenters. The highest BCUT2D eigenvalue weighted by molar-refractivity contribution is 5.74. The number of carbonyl (C=O) groups excluding carboxylic acids is 1. The monoisotopic (exact) mass is 362 g/mol. The predicted octanol–water partition coefficient (Wildman–Crippen LogP) is 5.31. The van der Waals surface area contributed by atoms with E-state index in [9.17, 15) is 4.79 Å².